The Morgan fingerprint density at radius 2 is 1.13 bits per heavy atom. The first-order chi connectivity index (χ1) is 14.5. The van der Waals surface area contributed by atoms with E-state index in [0.29, 0.717) is 5.75 Å². The largest absolute Gasteiger partial charge is 0.497 e. The lowest BCUT2D eigenvalue weighted by molar-refractivity contribution is -0.131. The summed E-state index contributed by atoms with van der Waals surface area (Å²) >= 11 is 0. The number of para-hydroxylation sites is 2. The van der Waals surface area contributed by atoms with Crippen LogP contribution in [0.1, 0.15) is 33.6 Å². The van der Waals surface area contributed by atoms with Crippen molar-refractivity contribution in [1.82, 2.24) is 0 Å². The van der Waals surface area contributed by atoms with Gasteiger partial charge in [-0.2, -0.15) is 0 Å². The smallest absolute Gasteiger partial charge is 0.308 e. The lowest BCUT2D eigenvalue weighted by Gasteiger charge is -2.33. The number of ether oxygens (including phenoxy) is 2. The van der Waals surface area contributed by atoms with E-state index in [0.717, 1.165) is 5.75 Å². The van der Waals surface area contributed by atoms with Gasteiger partial charge < -0.3 is 13.6 Å². The number of hydrogen-bond donors (Lipinski definition) is 0. The first-order valence-electron chi connectivity index (χ1n) is 11.1. The molecule has 174 valence electrons. The van der Waals surface area contributed by atoms with Crippen molar-refractivity contribution in [2.75, 3.05) is 7.11 Å². The predicted molar refractivity (Wildman–Crippen MR) is 137 cm³/mol. The molecule has 2 rings (SSSR count). The van der Waals surface area contributed by atoms with Crippen LogP contribution in [0, 0.1) is 0 Å². The Kier molecular flexibility index (Phi) is 14.9. The summed E-state index contributed by atoms with van der Waals surface area (Å²) in [5, 5.41) is 0. The van der Waals surface area contributed by atoms with E-state index in [-0.39, 0.29) is 5.97 Å². The summed E-state index contributed by atoms with van der Waals surface area (Å²) in [6.07, 6.45) is 2.55. The third-order valence-electron chi connectivity index (χ3n) is 4.24. The topological polar surface area (TPSA) is 44.8 Å². The van der Waals surface area contributed by atoms with E-state index >= 15 is 0 Å². The van der Waals surface area contributed by atoms with Crippen molar-refractivity contribution < 1.29 is 18.4 Å². The summed E-state index contributed by atoms with van der Waals surface area (Å²) in [5.41, 5.74) is 0. The third kappa shape index (κ3) is 16.5. The number of esters is 1. The summed E-state index contributed by atoms with van der Waals surface area (Å²) < 4.78 is 16.1. The highest BCUT2D eigenvalue weighted by Gasteiger charge is 2.31. The number of hydrogen-bond acceptors (Lipinski definition) is 4. The molecule has 0 unspecified atom stereocenters. The zero-order chi connectivity index (χ0) is 23.8. The number of rotatable bonds is 8. The van der Waals surface area contributed by atoms with Crippen LogP contribution in [-0.2, 0) is 8.91 Å². The molecule has 0 saturated heterocycles. The van der Waals surface area contributed by atoms with Gasteiger partial charge in [0.25, 0.3) is 0 Å². The molecule has 0 heterocycles. The van der Waals surface area contributed by atoms with Gasteiger partial charge in [-0.3, -0.25) is 4.79 Å². The molecule has 6 heteroatoms. The number of carbonyl (C=O) groups is 1. The molecule has 31 heavy (non-hydrogen) atoms. The summed E-state index contributed by atoms with van der Waals surface area (Å²) in [6.45, 7) is 15.3. The van der Waals surface area contributed by atoms with Gasteiger partial charge in [0.05, 0.1) is 7.11 Å². The molecule has 2 aromatic rings. The van der Waals surface area contributed by atoms with Gasteiger partial charge in [0.2, 0.25) is 0 Å². The molecule has 2 aromatic carbocycles. The molecule has 0 aliphatic heterocycles. The van der Waals surface area contributed by atoms with Gasteiger partial charge in [0, 0.05) is 6.92 Å². The second-order valence-corrected chi connectivity index (χ2v) is 17.4. The highest BCUT2D eigenvalue weighted by atomic mass is 28.4. The number of methoxy groups -OCH3 is 1. The van der Waals surface area contributed by atoms with E-state index in [2.05, 4.69) is 40.0 Å². The zero-order valence-electron chi connectivity index (χ0n) is 20.7. The molecule has 0 radical (unpaired) electrons. The minimum Gasteiger partial charge on any atom is -0.497 e. The van der Waals surface area contributed by atoms with Crippen molar-refractivity contribution >= 4 is 22.6 Å². The first kappa shape index (κ1) is 29.1. The minimum absolute atomic E-state index is 0.286. The van der Waals surface area contributed by atoms with Crippen LogP contribution in [0.25, 0.3) is 0 Å². The van der Waals surface area contributed by atoms with Gasteiger partial charge in [-0.1, -0.05) is 63.1 Å². The average Bonchev–Trinajstić information content (AvgIpc) is 2.69. The third-order valence-corrected chi connectivity index (χ3v) is 12.1. The van der Waals surface area contributed by atoms with E-state index in [4.69, 9.17) is 13.6 Å². The molecule has 0 fully saturated rings. The van der Waals surface area contributed by atoms with Crippen molar-refractivity contribution in [3.8, 4) is 11.5 Å². The van der Waals surface area contributed by atoms with Gasteiger partial charge >= 0.3 is 5.97 Å². The zero-order valence-corrected chi connectivity index (χ0v) is 22.7. The van der Waals surface area contributed by atoms with Crippen molar-refractivity contribution in [3.05, 3.63) is 60.7 Å². The van der Waals surface area contributed by atoms with Gasteiger partial charge in [0.15, 0.2) is 16.6 Å². The van der Waals surface area contributed by atoms with Crippen LogP contribution in [0.15, 0.2) is 60.7 Å². The Morgan fingerprint density at radius 3 is 1.42 bits per heavy atom. The normalized spacial score (nSPS) is 10.7. The molecule has 0 aromatic heterocycles. The van der Waals surface area contributed by atoms with Crippen molar-refractivity contribution in [2.45, 2.75) is 71.9 Å². The Morgan fingerprint density at radius 1 is 0.742 bits per heavy atom. The van der Waals surface area contributed by atoms with Crippen LogP contribution in [0.5, 0.6) is 11.5 Å². The molecule has 0 aliphatic rings. The van der Waals surface area contributed by atoms with Crippen LogP contribution in [-0.4, -0.2) is 29.7 Å². The predicted octanol–water partition coefficient (Wildman–Crippen LogP) is 7.54. The number of carbonyl (C=O) groups excluding carboxylic acids is 1. The highest BCUT2D eigenvalue weighted by molar-refractivity contribution is 6.84. The van der Waals surface area contributed by atoms with Gasteiger partial charge in [0.1, 0.15) is 11.5 Å². The van der Waals surface area contributed by atoms with Crippen LogP contribution in [0.2, 0.25) is 38.3 Å². The molecule has 0 bridgehead atoms. The summed E-state index contributed by atoms with van der Waals surface area (Å²) in [5.74, 6) is 1.22. The second-order valence-electron chi connectivity index (χ2n) is 8.55. The Bertz CT molecular complexity index is 688. The van der Waals surface area contributed by atoms with Crippen molar-refractivity contribution in [3.63, 3.8) is 0 Å². The fourth-order valence-electron chi connectivity index (χ4n) is 3.27. The molecule has 0 saturated carbocycles. The average molecular weight is 463 g/mol. The van der Waals surface area contributed by atoms with Crippen LogP contribution >= 0.6 is 0 Å². The molecule has 4 nitrogen and oxygen atoms in total. The monoisotopic (exact) mass is 462 g/mol. The van der Waals surface area contributed by atoms with E-state index in [9.17, 15) is 4.79 Å². The second kappa shape index (κ2) is 15.8. The van der Waals surface area contributed by atoms with Crippen LogP contribution < -0.4 is 9.47 Å². The Labute approximate surface area is 192 Å². The molecular weight excluding hydrogens is 420 g/mol. The summed E-state index contributed by atoms with van der Waals surface area (Å²) in [4.78, 5) is 10.4. The first-order valence-corrected chi connectivity index (χ1v) is 17.3. The lowest BCUT2D eigenvalue weighted by Crippen LogP contribution is -2.43. The molecule has 0 amide bonds. The van der Waals surface area contributed by atoms with E-state index in [1.165, 1.54) is 31.9 Å². The van der Waals surface area contributed by atoms with Gasteiger partial charge in [-0.25, -0.2) is 0 Å². The van der Waals surface area contributed by atoms with Crippen LogP contribution in [0.4, 0.5) is 0 Å². The maximum Gasteiger partial charge on any atom is 0.308 e. The summed E-state index contributed by atoms with van der Waals surface area (Å²) in [6, 6.07) is 21.3. The van der Waals surface area contributed by atoms with Crippen molar-refractivity contribution in [1.29, 1.82) is 0 Å². The standard InChI is InChI=1S/C10H26OSi2.C8H8O2.C7H8O/c1-7-9-12(3,4)11-13(5,6)10-8-2;1-7(9)10-8-5-3-2-4-6-8;1-8-7-5-3-2-4-6-7/h7-10H2,1-6H3;2-6H,1H3;2-6H,1H3. The van der Waals surface area contributed by atoms with Gasteiger partial charge in [-0.05, 0) is 62.5 Å². The minimum atomic E-state index is -1.31. The lowest BCUT2D eigenvalue weighted by atomic mass is 10.3. The Hall–Kier alpha value is -1.90. The van der Waals surface area contributed by atoms with Crippen LogP contribution in [0.3, 0.4) is 0 Å². The quantitative estimate of drug-likeness (QED) is 0.231. The fourth-order valence-corrected chi connectivity index (χ4v) is 12.5. The number of benzene rings is 2. The molecule has 0 N–H and O–H groups in total. The maximum atomic E-state index is 10.4. The highest BCUT2D eigenvalue weighted by Crippen LogP contribution is 2.23. The SMILES string of the molecule is CC(=O)Oc1ccccc1.CCC[Si](C)(C)O[Si](C)(C)CCC.COc1ccccc1. The Balaban J connectivity index is 0.000000447. The summed E-state index contributed by atoms with van der Waals surface area (Å²) in [7, 11) is -0.966. The fraction of sp³-hybridized carbons (Fsp3) is 0.480. The molecule has 0 aliphatic carbocycles. The molecule has 0 spiro atoms. The molecular formula is C25H42O4Si2. The molecule has 0 atom stereocenters. The van der Waals surface area contributed by atoms with E-state index in [1.807, 2.05) is 48.5 Å². The van der Waals surface area contributed by atoms with E-state index < -0.39 is 16.6 Å². The van der Waals surface area contributed by atoms with Gasteiger partial charge in [-0.15, -0.1) is 0 Å². The maximum absolute atomic E-state index is 10.4. The van der Waals surface area contributed by atoms with Crippen molar-refractivity contribution in [2.24, 2.45) is 0 Å². The van der Waals surface area contributed by atoms with E-state index in [1.54, 1.807) is 19.2 Å².